The summed E-state index contributed by atoms with van der Waals surface area (Å²) < 4.78 is 34.5. The van der Waals surface area contributed by atoms with Gasteiger partial charge in [-0.25, -0.2) is 19.0 Å². The molecule has 184 valence electrons. The Hall–Kier alpha value is -4.09. The number of carbonyl (C=O) groups excluding carboxylic acids is 2. The molecule has 4 aromatic rings. The molecule has 0 radical (unpaired) electrons. The van der Waals surface area contributed by atoms with Crippen molar-refractivity contribution in [2.45, 2.75) is 31.2 Å². The minimum Gasteiger partial charge on any atom is -0.448 e. The molecule has 1 aliphatic rings. The molecule has 12 heteroatoms. The van der Waals surface area contributed by atoms with Crippen LogP contribution in [-0.4, -0.2) is 49.5 Å². The lowest BCUT2D eigenvalue weighted by molar-refractivity contribution is -0.148. The summed E-state index contributed by atoms with van der Waals surface area (Å²) in [5.74, 6) is -1.77. The Bertz CT molecular complexity index is 1430. The smallest absolute Gasteiger partial charge is 0.340 e. The Balaban J connectivity index is 1.52. The number of fused-ring (bicyclic) bond motifs is 1. The first-order chi connectivity index (χ1) is 17.3. The van der Waals surface area contributed by atoms with Crippen molar-refractivity contribution in [2.75, 3.05) is 5.73 Å². The largest absolute Gasteiger partial charge is 0.448 e. The van der Waals surface area contributed by atoms with Gasteiger partial charge < -0.3 is 19.9 Å². The van der Waals surface area contributed by atoms with Crippen molar-refractivity contribution in [1.82, 2.24) is 19.5 Å². The van der Waals surface area contributed by atoms with Gasteiger partial charge in [-0.3, -0.25) is 4.57 Å². The standard InChI is InChI=1S/C24H19ClFN5O5/c1-24(26)16(34-19(32)13-8-4-2-5-9-13)21(35-20(33)14-10-6-3-7-11-14)36-22(24)31-12-28-15-17(25)29-23(27)30-18(15)31/h2-12,16,21-22H,1H3,(H2,27,29,30)/t16-,21+,22-,24-/m1/s1. The van der Waals surface area contributed by atoms with Crippen LogP contribution in [0.1, 0.15) is 33.9 Å². The highest BCUT2D eigenvalue weighted by atomic mass is 35.5. The highest BCUT2D eigenvalue weighted by molar-refractivity contribution is 6.33. The van der Waals surface area contributed by atoms with Gasteiger partial charge in [-0.2, -0.15) is 9.97 Å². The number of hydrogen-bond donors (Lipinski definition) is 1. The van der Waals surface area contributed by atoms with Gasteiger partial charge in [0.05, 0.1) is 17.5 Å². The van der Waals surface area contributed by atoms with Crippen LogP contribution in [0.3, 0.4) is 0 Å². The van der Waals surface area contributed by atoms with Gasteiger partial charge in [-0.15, -0.1) is 0 Å². The average Bonchev–Trinajstić information content (AvgIpc) is 3.38. The van der Waals surface area contributed by atoms with Crippen molar-refractivity contribution in [3.8, 4) is 0 Å². The van der Waals surface area contributed by atoms with E-state index in [0.29, 0.717) is 0 Å². The van der Waals surface area contributed by atoms with Gasteiger partial charge in [0.25, 0.3) is 0 Å². The van der Waals surface area contributed by atoms with E-state index in [4.69, 9.17) is 31.5 Å². The molecule has 2 aromatic heterocycles. The number of nitrogens with two attached hydrogens (primary N) is 1. The fraction of sp³-hybridized carbons (Fsp3) is 0.208. The van der Waals surface area contributed by atoms with Crippen LogP contribution in [0.25, 0.3) is 11.2 Å². The molecule has 5 rings (SSSR count). The molecule has 2 N–H and O–H groups in total. The van der Waals surface area contributed by atoms with Crippen LogP contribution in [-0.2, 0) is 14.2 Å². The summed E-state index contributed by atoms with van der Waals surface area (Å²) in [4.78, 5) is 37.7. The Labute approximate surface area is 208 Å². The van der Waals surface area contributed by atoms with E-state index >= 15 is 4.39 Å². The molecule has 1 fully saturated rings. The van der Waals surface area contributed by atoms with E-state index in [1.54, 1.807) is 36.4 Å². The van der Waals surface area contributed by atoms with Gasteiger partial charge in [-0.05, 0) is 31.2 Å². The molecule has 0 unspecified atom stereocenters. The number of benzene rings is 2. The molecule has 0 saturated carbocycles. The predicted octanol–water partition coefficient (Wildman–Crippen LogP) is 3.73. The van der Waals surface area contributed by atoms with Crippen LogP contribution >= 0.6 is 11.6 Å². The third kappa shape index (κ3) is 4.23. The first-order valence-electron chi connectivity index (χ1n) is 10.8. The molecule has 0 bridgehead atoms. The van der Waals surface area contributed by atoms with Gasteiger partial charge in [0.1, 0.15) is 5.52 Å². The number of rotatable bonds is 5. The molecular formula is C24H19ClFN5O5. The fourth-order valence-corrected chi connectivity index (χ4v) is 4.13. The minimum absolute atomic E-state index is 0.0334. The van der Waals surface area contributed by atoms with Crippen LogP contribution in [0.2, 0.25) is 5.15 Å². The number of aromatic nitrogens is 4. The maximum atomic E-state index is 16.5. The predicted molar refractivity (Wildman–Crippen MR) is 126 cm³/mol. The van der Waals surface area contributed by atoms with E-state index in [1.165, 1.54) is 35.2 Å². The van der Waals surface area contributed by atoms with E-state index in [9.17, 15) is 9.59 Å². The third-order valence-electron chi connectivity index (χ3n) is 5.67. The van der Waals surface area contributed by atoms with E-state index in [0.717, 1.165) is 6.92 Å². The van der Waals surface area contributed by atoms with Crippen molar-refractivity contribution in [2.24, 2.45) is 0 Å². The van der Waals surface area contributed by atoms with Gasteiger partial charge in [0, 0.05) is 0 Å². The number of hydrogen-bond acceptors (Lipinski definition) is 9. The fourth-order valence-electron chi connectivity index (χ4n) is 3.91. The molecule has 36 heavy (non-hydrogen) atoms. The second-order valence-electron chi connectivity index (χ2n) is 8.17. The van der Waals surface area contributed by atoms with E-state index < -0.39 is 36.2 Å². The van der Waals surface area contributed by atoms with Crippen LogP contribution in [0.15, 0.2) is 67.0 Å². The second kappa shape index (κ2) is 9.17. The Morgan fingerprint density at radius 3 is 2.22 bits per heavy atom. The highest BCUT2D eigenvalue weighted by Crippen LogP contribution is 2.45. The molecule has 3 heterocycles. The number of ether oxygens (including phenoxy) is 3. The Kier molecular flexibility index (Phi) is 6.02. The number of imidazole rings is 1. The summed E-state index contributed by atoms with van der Waals surface area (Å²) in [6.07, 6.45) is -3.48. The van der Waals surface area contributed by atoms with E-state index in [1.807, 2.05) is 0 Å². The number of esters is 2. The lowest BCUT2D eigenvalue weighted by Crippen LogP contribution is -2.44. The first kappa shape index (κ1) is 23.6. The van der Waals surface area contributed by atoms with Gasteiger partial charge in [-0.1, -0.05) is 48.0 Å². The Morgan fingerprint density at radius 1 is 1.03 bits per heavy atom. The third-order valence-corrected chi connectivity index (χ3v) is 5.94. The summed E-state index contributed by atoms with van der Waals surface area (Å²) in [5, 5.41) is -0.0334. The van der Waals surface area contributed by atoms with Crippen molar-refractivity contribution >= 4 is 40.7 Å². The quantitative estimate of drug-likeness (QED) is 0.314. The lowest BCUT2D eigenvalue weighted by Gasteiger charge is -2.27. The lowest BCUT2D eigenvalue weighted by atomic mass is 10.0. The summed E-state index contributed by atoms with van der Waals surface area (Å²) in [6.45, 7) is 1.16. The normalized spacial score (nSPS) is 23.5. The van der Waals surface area contributed by atoms with Gasteiger partial charge in [0.2, 0.25) is 18.3 Å². The van der Waals surface area contributed by atoms with Crippen LogP contribution in [0, 0.1) is 0 Å². The molecule has 0 spiro atoms. The molecule has 2 aromatic carbocycles. The summed E-state index contributed by atoms with van der Waals surface area (Å²) >= 11 is 6.10. The average molecular weight is 512 g/mol. The zero-order valence-electron chi connectivity index (χ0n) is 18.7. The van der Waals surface area contributed by atoms with E-state index in [2.05, 4.69) is 15.0 Å². The molecule has 0 aliphatic carbocycles. The molecular weight excluding hydrogens is 493 g/mol. The molecule has 1 aliphatic heterocycles. The summed E-state index contributed by atoms with van der Waals surface area (Å²) in [6, 6.07) is 16.1. The van der Waals surface area contributed by atoms with Gasteiger partial charge in [0.15, 0.2) is 22.7 Å². The summed E-state index contributed by atoms with van der Waals surface area (Å²) in [5.41, 5.74) is 3.94. The number of halogens is 2. The number of anilines is 1. The van der Waals surface area contributed by atoms with Crippen LogP contribution in [0.5, 0.6) is 0 Å². The summed E-state index contributed by atoms with van der Waals surface area (Å²) in [7, 11) is 0. The number of carbonyl (C=O) groups is 2. The zero-order chi connectivity index (χ0) is 25.4. The first-order valence-corrected chi connectivity index (χ1v) is 11.2. The Morgan fingerprint density at radius 2 is 1.61 bits per heavy atom. The van der Waals surface area contributed by atoms with E-state index in [-0.39, 0.29) is 33.4 Å². The molecule has 4 atom stereocenters. The number of nitrogens with zero attached hydrogens (tertiary/aromatic N) is 4. The molecule has 1 saturated heterocycles. The maximum Gasteiger partial charge on any atom is 0.340 e. The van der Waals surface area contributed by atoms with Crippen molar-refractivity contribution < 1.29 is 28.2 Å². The van der Waals surface area contributed by atoms with Gasteiger partial charge >= 0.3 is 11.9 Å². The zero-order valence-corrected chi connectivity index (χ0v) is 19.5. The highest BCUT2D eigenvalue weighted by Gasteiger charge is 2.60. The number of nitrogen functional groups attached to an aromatic ring is 1. The minimum atomic E-state index is -2.41. The SMILES string of the molecule is C[C@@]1(F)[C@H](OC(=O)c2ccccc2)[C@@H](OC(=O)c2ccccc2)O[C@H]1n1cnc2c(Cl)nc(N)nc21. The molecule has 10 nitrogen and oxygen atoms in total. The second-order valence-corrected chi connectivity index (χ2v) is 8.53. The van der Waals surface area contributed by atoms with Crippen LogP contribution < -0.4 is 5.73 Å². The molecule has 0 amide bonds. The van der Waals surface area contributed by atoms with Crippen molar-refractivity contribution in [3.05, 3.63) is 83.3 Å². The van der Waals surface area contributed by atoms with Crippen molar-refractivity contribution in [1.29, 1.82) is 0 Å². The van der Waals surface area contributed by atoms with Crippen LogP contribution in [0.4, 0.5) is 10.3 Å². The maximum absolute atomic E-state index is 16.5. The topological polar surface area (TPSA) is 131 Å². The van der Waals surface area contributed by atoms with Crippen molar-refractivity contribution in [3.63, 3.8) is 0 Å². The number of alkyl halides is 1. The monoisotopic (exact) mass is 511 g/mol.